The second kappa shape index (κ2) is 9.27. The summed E-state index contributed by atoms with van der Waals surface area (Å²) in [5.41, 5.74) is 2.45. The van der Waals surface area contributed by atoms with Crippen molar-refractivity contribution >= 4 is 27.5 Å². The van der Waals surface area contributed by atoms with E-state index < -0.39 is 22.6 Å². The molecular weight excluding hydrogens is 432 g/mol. The van der Waals surface area contributed by atoms with Crippen molar-refractivity contribution in [1.82, 2.24) is 4.57 Å². The lowest BCUT2D eigenvalue weighted by Crippen LogP contribution is -2.17. The van der Waals surface area contributed by atoms with Gasteiger partial charge in [-0.2, -0.15) is 0 Å². The van der Waals surface area contributed by atoms with E-state index in [2.05, 4.69) is 4.72 Å². The number of methoxy groups -OCH3 is 1. The van der Waals surface area contributed by atoms with Crippen molar-refractivity contribution in [2.45, 2.75) is 18.7 Å². The van der Waals surface area contributed by atoms with E-state index in [4.69, 9.17) is 9.47 Å². The van der Waals surface area contributed by atoms with E-state index >= 15 is 0 Å². The number of rotatable bonds is 8. The van der Waals surface area contributed by atoms with E-state index in [0.717, 1.165) is 11.4 Å². The fraction of sp³-hybridized carbons (Fsp3) is 0.217. The predicted octanol–water partition coefficient (Wildman–Crippen LogP) is 3.49. The number of esters is 1. The molecule has 0 saturated carbocycles. The normalized spacial score (nSPS) is 11.1. The Morgan fingerprint density at radius 3 is 2.41 bits per heavy atom. The largest absolute Gasteiger partial charge is 0.495 e. The van der Waals surface area contributed by atoms with Crippen LogP contribution in [0.4, 0.5) is 5.69 Å². The quantitative estimate of drug-likeness (QED) is 0.411. The zero-order chi connectivity index (χ0) is 23.5. The Morgan fingerprint density at radius 2 is 1.75 bits per heavy atom. The van der Waals surface area contributed by atoms with Gasteiger partial charge < -0.3 is 14.0 Å². The number of aromatic nitrogens is 1. The number of carbonyl (C=O) groups excluding carboxylic acids is 2. The lowest BCUT2D eigenvalue weighted by molar-refractivity contribution is 0.0474. The van der Waals surface area contributed by atoms with Crippen molar-refractivity contribution in [2.24, 2.45) is 7.05 Å². The number of aryl methyl sites for hydroxylation is 1. The number of nitrogens with one attached hydrogen (secondary N) is 1. The molecule has 1 N–H and O–H groups in total. The van der Waals surface area contributed by atoms with Crippen LogP contribution in [0, 0.1) is 13.8 Å². The summed E-state index contributed by atoms with van der Waals surface area (Å²) >= 11 is 0. The first kappa shape index (κ1) is 23.1. The molecule has 0 aliphatic rings. The van der Waals surface area contributed by atoms with Crippen LogP contribution in [0.15, 0.2) is 59.5 Å². The van der Waals surface area contributed by atoms with Gasteiger partial charge in [0.05, 0.1) is 23.3 Å². The third-order valence-electron chi connectivity index (χ3n) is 5.14. The van der Waals surface area contributed by atoms with Gasteiger partial charge >= 0.3 is 5.97 Å². The average Bonchev–Trinajstić information content (AvgIpc) is 3.04. The Labute approximate surface area is 186 Å². The van der Waals surface area contributed by atoms with Crippen LogP contribution >= 0.6 is 0 Å². The van der Waals surface area contributed by atoms with Crippen molar-refractivity contribution in [3.05, 3.63) is 77.1 Å². The minimum Gasteiger partial charge on any atom is -0.495 e. The maximum atomic E-state index is 12.8. The van der Waals surface area contributed by atoms with Crippen LogP contribution in [0.2, 0.25) is 0 Å². The number of ketones is 1. The van der Waals surface area contributed by atoms with Gasteiger partial charge in [0, 0.05) is 24.0 Å². The fourth-order valence-corrected chi connectivity index (χ4v) is 4.27. The molecule has 168 valence electrons. The Kier molecular flexibility index (Phi) is 6.69. The van der Waals surface area contributed by atoms with E-state index in [9.17, 15) is 18.0 Å². The summed E-state index contributed by atoms with van der Waals surface area (Å²) in [5.74, 6) is -0.768. The monoisotopic (exact) mass is 456 g/mol. The van der Waals surface area contributed by atoms with Crippen molar-refractivity contribution in [2.75, 3.05) is 18.4 Å². The summed E-state index contributed by atoms with van der Waals surface area (Å²) < 4.78 is 40.2. The standard InChI is InChI=1S/C23H24N2O6S/c1-15-12-19(16(2)25(15)3)21(26)14-31-23(27)17-8-7-9-18(13-17)32(28,29)24-20-10-5-6-11-22(20)30-4/h5-13,24H,14H2,1-4H3. The lowest BCUT2D eigenvalue weighted by atomic mass is 10.1. The van der Waals surface area contributed by atoms with Crippen molar-refractivity contribution in [3.8, 4) is 5.75 Å². The minimum absolute atomic E-state index is 0.0154. The van der Waals surface area contributed by atoms with Gasteiger partial charge in [0.1, 0.15) is 5.75 Å². The highest BCUT2D eigenvalue weighted by Gasteiger charge is 2.20. The maximum absolute atomic E-state index is 12.8. The van der Waals surface area contributed by atoms with Gasteiger partial charge in [-0.25, -0.2) is 13.2 Å². The summed E-state index contributed by atoms with van der Waals surface area (Å²) in [5, 5.41) is 0. The number of para-hydroxylation sites is 2. The van der Waals surface area contributed by atoms with Gasteiger partial charge in [-0.3, -0.25) is 9.52 Å². The third-order valence-corrected chi connectivity index (χ3v) is 6.50. The molecule has 1 aromatic heterocycles. The topological polar surface area (TPSA) is 104 Å². The van der Waals surface area contributed by atoms with Crippen LogP contribution in [0.3, 0.4) is 0 Å². The van der Waals surface area contributed by atoms with E-state index in [0.29, 0.717) is 11.3 Å². The molecule has 1 heterocycles. The molecule has 0 aliphatic carbocycles. The summed E-state index contributed by atoms with van der Waals surface area (Å²) in [6.45, 7) is 3.24. The second-order valence-corrected chi connectivity index (χ2v) is 8.86. The Balaban J connectivity index is 1.74. The number of sulfonamides is 1. The molecule has 0 fully saturated rings. The van der Waals surface area contributed by atoms with Gasteiger partial charge in [-0.15, -0.1) is 0 Å². The molecule has 3 rings (SSSR count). The summed E-state index contributed by atoms with van der Waals surface area (Å²) in [4.78, 5) is 24.8. The summed E-state index contributed by atoms with van der Waals surface area (Å²) in [6, 6.07) is 13.7. The zero-order valence-corrected chi connectivity index (χ0v) is 19.0. The van der Waals surface area contributed by atoms with Crippen LogP contribution in [-0.2, 0) is 21.8 Å². The highest BCUT2D eigenvalue weighted by molar-refractivity contribution is 7.92. The van der Waals surface area contributed by atoms with Gasteiger partial charge in [-0.05, 0) is 50.2 Å². The molecule has 0 atom stereocenters. The first-order chi connectivity index (χ1) is 15.1. The van der Waals surface area contributed by atoms with Crippen molar-refractivity contribution in [3.63, 3.8) is 0 Å². The van der Waals surface area contributed by atoms with E-state index in [1.54, 1.807) is 30.3 Å². The van der Waals surface area contributed by atoms with Gasteiger partial charge in [-0.1, -0.05) is 18.2 Å². The molecule has 8 nitrogen and oxygen atoms in total. The Bertz CT molecular complexity index is 1280. The number of anilines is 1. The molecule has 0 bridgehead atoms. The number of hydrogen-bond donors (Lipinski definition) is 1. The summed E-state index contributed by atoms with van der Waals surface area (Å²) in [7, 11) is -0.712. The Hall–Kier alpha value is -3.59. The second-order valence-electron chi connectivity index (χ2n) is 7.18. The minimum atomic E-state index is -3.99. The van der Waals surface area contributed by atoms with Crippen molar-refractivity contribution < 1.29 is 27.5 Å². The number of hydrogen-bond acceptors (Lipinski definition) is 6. The lowest BCUT2D eigenvalue weighted by Gasteiger charge is -2.12. The maximum Gasteiger partial charge on any atom is 0.338 e. The molecule has 0 amide bonds. The molecule has 9 heteroatoms. The SMILES string of the molecule is COc1ccccc1NS(=O)(=O)c1cccc(C(=O)OCC(=O)c2cc(C)n(C)c2C)c1. The van der Waals surface area contributed by atoms with E-state index in [1.165, 1.54) is 31.4 Å². The number of ether oxygens (including phenoxy) is 2. The Morgan fingerprint density at radius 1 is 1.03 bits per heavy atom. The predicted molar refractivity (Wildman–Crippen MR) is 120 cm³/mol. The average molecular weight is 457 g/mol. The molecule has 0 radical (unpaired) electrons. The van der Waals surface area contributed by atoms with Crippen molar-refractivity contribution in [1.29, 1.82) is 0 Å². The molecule has 0 unspecified atom stereocenters. The van der Waals surface area contributed by atoms with Gasteiger partial charge in [0.2, 0.25) is 5.78 Å². The molecule has 3 aromatic rings. The van der Waals surface area contributed by atoms with Gasteiger partial charge in [0.15, 0.2) is 6.61 Å². The first-order valence-corrected chi connectivity index (χ1v) is 11.2. The molecular formula is C23H24N2O6S. The molecule has 0 saturated heterocycles. The smallest absolute Gasteiger partial charge is 0.338 e. The molecule has 0 aliphatic heterocycles. The number of benzene rings is 2. The van der Waals surface area contributed by atoms with Crippen LogP contribution in [0.25, 0.3) is 0 Å². The molecule has 2 aromatic carbocycles. The van der Waals surface area contributed by atoms with Crippen LogP contribution in [0.5, 0.6) is 5.75 Å². The number of carbonyl (C=O) groups is 2. The van der Waals surface area contributed by atoms with Gasteiger partial charge in [0.25, 0.3) is 10.0 Å². The zero-order valence-electron chi connectivity index (χ0n) is 18.2. The highest BCUT2D eigenvalue weighted by atomic mass is 32.2. The first-order valence-electron chi connectivity index (χ1n) is 9.73. The number of Topliss-reactive ketones (excluding diaryl/α,β-unsaturated/α-hetero) is 1. The van der Waals surface area contributed by atoms with Crippen LogP contribution in [-0.4, -0.2) is 38.5 Å². The summed E-state index contributed by atoms with van der Waals surface area (Å²) in [6.07, 6.45) is 0. The van der Waals surface area contributed by atoms with E-state index in [1.807, 2.05) is 25.5 Å². The van der Waals surface area contributed by atoms with E-state index in [-0.39, 0.29) is 21.9 Å². The third kappa shape index (κ3) is 4.83. The van der Waals surface area contributed by atoms with Crippen LogP contribution in [0.1, 0.15) is 32.1 Å². The fourth-order valence-electron chi connectivity index (χ4n) is 3.15. The highest BCUT2D eigenvalue weighted by Crippen LogP contribution is 2.26. The van der Waals surface area contributed by atoms with Crippen LogP contribution < -0.4 is 9.46 Å². The molecule has 32 heavy (non-hydrogen) atoms. The molecule has 0 spiro atoms. The number of nitrogens with zero attached hydrogens (tertiary/aromatic N) is 1.